The molecule has 0 aliphatic carbocycles. The number of benzene rings is 3. The molecule has 0 aliphatic heterocycles. The standard InChI is InChI=1S/C23H23NO2/c25-23(18-26-17-19-10-4-1-5-11-19)24-16-22(20-12-6-2-7-13-20)21-14-8-3-9-15-21/h1-15,22H,16-18H2,(H,24,25). The van der Waals surface area contributed by atoms with Gasteiger partial charge in [0.1, 0.15) is 6.61 Å². The highest BCUT2D eigenvalue weighted by Crippen LogP contribution is 2.23. The molecule has 0 heterocycles. The Hall–Kier alpha value is -2.91. The zero-order valence-electron chi connectivity index (χ0n) is 14.7. The first-order valence-electron chi connectivity index (χ1n) is 8.81. The fourth-order valence-corrected chi connectivity index (χ4v) is 2.90. The molecule has 3 nitrogen and oxygen atoms in total. The molecule has 3 rings (SSSR count). The topological polar surface area (TPSA) is 38.3 Å². The van der Waals surface area contributed by atoms with Gasteiger partial charge in [0, 0.05) is 12.5 Å². The number of carbonyl (C=O) groups excluding carboxylic acids is 1. The van der Waals surface area contributed by atoms with Crippen LogP contribution in [0.15, 0.2) is 91.0 Å². The van der Waals surface area contributed by atoms with Crippen molar-refractivity contribution in [2.45, 2.75) is 12.5 Å². The van der Waals surface area contributed by atoms with E-state index < -0.39 is 0 Å². The Kier molecular flexibility index (Phi) is 6.57. The Bertz CT molecular complexity index is 749. The van der Waals surface area contributed by atoms with E-state index in [1.807, 2.05) is 66.7 Å². The summed E-state index contributed by atoms with van der Waals surface area (Å²) < 4.78 is 5.51. The zero-order valence-corrected chi connectivity index (χ0v) is 14.7. The third-order valence-corrected chi connectivity index (χ3v) is 4.25. The quantitative estimate of drug-likeness (QED) is 0.666. The number of amides is 1. The molecule has 132 valence electrons. The molecule has 0 radical (unpaired) electrons. The van der Waals surface area contributed by atoms with Crippen molar-refractivity contribution in [3.8, 4) is 0 Å². The normalized spacial score (nSPS) is 10.7. The van der Waals surface area contributed by atoms with Crippen molar-refractivity contribution in [1.82, 2.24) is 5.32 Å². The van der Waals surface area contributed by atoms with E-state index >= 15 is 0 Å². The van der Waals surface area contributed by atoms with Crippen LogP contribution >= 0.6 is 0 Å². The van der Waals surface area contributed by atoms with Gasteiger partial charge in [0.25, 0.3) is 0 Å². The lowest BCUT2D eigenvalue weighted by atomic mass is 9.91. The third kappa shape index (κ3) is 5.30. The van der Waals surface area contributed by atoms with Crippen LogP contribution in [0.5, 0.6) is 0 Å². The summed E-state index contributed by atoms with van der Waals surface area (Å²) in [4.78, 5) is 12.2. The summed E-state index contributed by atoms with van der Waals surface area (Å²) in [6, 6.07) is 30.3. The molecular weight excluding hydrogens is 322 g/mol. The average molecular weight is 345 g/mol. The number of hydrogen-bond acceptors (Lipinski definition) is 2. The first kappa shape index (κ1) is 17.9. The molecule has 3 heteroatoms. The monoisotopic (exact) mass is 345 g/mol. The van der Waals surface area contributed by atoms with Gasteiger partial charge in [0.05, 0.1) is 6.61 Å². The largest absolute Gasteiger partial charge is 0.367 e. The SMILES string of the molecule is O=C(COCc1ccccc1)NCC(c1ccccc1)c1ccccc1. The van der Waals surface area contributed by atoms with Gasteiger partial charge in [-0.2, -0.15) is 0 Å². The van der Waals surface area contributed by atoms with Crippen LogP contribution in [0.3, 0.4) is 0 Å². The fourth-order valence-electron chi connectivity index (χ4n) is 2.90. The van der Waals surface area contributed by atoms with Crippen molar-refractivity contribution < 1.29 is 9.53 Å². The lowest BCUT2D eigenvalue weighted by Crippen LogP contribution is -2.31. The van der Waals surface area contributed by atoms with E-state index in [1.165, 1.54) is 11.1 Å². The number of ether oxygens (including phenoxy) is 1. The summed E-state index contributed by atoms with van der Waals surface area (Å²) in [5.41, 5.74) is 3.43. The summed E-state index contributed by atoms with van der Waals surface area (Å²) in [7, 11) is 0. The van der Waals surface area contributed by atoms with Crippen molar-refractivity contribution in [2.75, 3.05) is 13.2 Å². The first-order chi connectivity index (χ1) is 12.8. The van der Waals surface area contributed by atoms with E-state index in [1.54, 1.807) is 0 Å². The lowest BCUT2D eigenvalue weighted by molar-refractivity contribution is -0.126. The van der Waals surface area contributed by atoms with E-state index in [-0.39, 0.29) is 18.4 Å². The zero-order chi connectivity index (χ0) is 18.0. The molecule has 26 heavy (non-hydrogen) atoms. The summed E-state index contributed by atoms with van der Waals surface area (Å²) in [5, 5.41) is 3.00. The molecule has 0 atom stereocenters. The lowest BCUT2D eigenvalue weighted by Gasteiger charge is -2.19. The molecule has 1 amide bonds. The Labute approximate surface area is 154 Å². The second kappa shape index (κ2) is 9.54. The average Bonchev–Trinajstić information content (AvgIpc) is 2.71. The van der Waals surface area contributed by atoms with Gasteiger partial charge >= 0.3 is 0 Å². The highest BCUT2D eigenvalue weighted by atomic mass is 16.5. The van der Waals surface area contributed by atoms with Crippen molar-refractivity contribution in [3.63, 3.8) is 0 Å². The summed E-state index contributed by atoms with van der Waals surface area (Å²) in [6.07, 6.45) is 0. The summed E-state index contributed by atoms with van der Waals surface area (Å²) in [6.45, 7) is 1.04. The third-order valence-electron chi connectivity index (χ3n) is 4.25. The van der Waals surface area contributed by atoms with Gasteiger partial charge in [-0.15, -0.1) is 0 Å². The maximum atomic E-state index is 12.2. The van der Waals surface area contributed by atoms with E-state index in [9.17, 15) is 4.79 Å². The number of hydrogen-bond donors (Lipinski definition) is 1. The van der Waals surface area contributed by atoms with E-state index in [0.717, 1.165) is 5.56 Å². The van der Waals surface area contributed by atoms with Crippen molar-refractivity contribution >= 4 is 5.91 Å². The molecule has 0 saturated heterocycles. The van der Waals surface area contributed by atoms with Crippen LogP contribution in [-0.4, -0.2) is 19.1 Å². The van der Waals surface area contributed by atoms with Gasteiger partial charge in [-0.25, -0.2) is 0 Å². The Morgan fingerprint density at radius 2 is 1.27 bits per heavy atom. The van der Waals surface area contributed by atoms with E-state index in [0.29, 0.717) is 13.2 Å². The Balaban J connectivity index is 1.55. The number of carbonyl (C=O) groups is 1. The second-order valence-corrected chi connectivity index (χ2v) is 6.16. The first-order valence-corrected chi connectivity index (χ1v) is 8.81. The molecule has 0 bridgehead atoms. The highest BCUT2D eigenvalue weighted by Gasteiger charge is 2.15. The predicted octanol–water partition coefficient (Wildman–Crippen LogP) is 4.15. The highest BCUT2D eigenvalue weighted by molar-refractivity contribution is 5.77. The van der Waals surface area contributed by atoms with Crippen molar-refractivity contribution in [2.24, 2.45) is 0 Å². The number of rotatable bonds is 8. The molecule has 0 spiro atoms. The molecule has 3 aromatic rings. The van der Waals surface area contributed by atoms with E-state index in [2.05, 4.69) is 29.6 Å². The minimum absolute atomic E-state index is 0.0607. The van der Waals surface area contributed by atoms with Gasteiger partial charge in [-0.3, -0.25) is 4.79 Å². The summed E-state index contributed by atoms with van der Waals surface area (Å²) in [5.74, 6) is 0.0215. The molecule has 0 fully saturated rings. The smallest absolute Gasteiger partial charge is 0.246 e. The molecular formula is C23H23NO2. The van der Waals surface area contributed by atoms with Crippen molar-refractivity contribution in [3.05, 3.63) is 108 Å². The van der Waals surface area contributed by atoms with Crippen LogP contribution in [0, 0.1) is 0 Å². The molecule has 0 saturated carbocycles. The minimum atomic E-state index is -0.0993. The van der Waals surface area contributed by atoms with Crippen LogP contribution in [0.2, 0.25) is 0 Å². The summed E-state index contributed by atoms with van der Waals surface area (Å²) >= 11 is 0. The van der Waals surface area contributed by atoms with E-state index in [4.69, 9.17) is 4.74 Å². The van der Waals surface area contributed by atoms with Crippen LogP contribution in [0.25, 0.3) is 0 Å². The van der Waals surface area contributed by atoms with Gasteiger partial charge in [0.15, 0.2) is 0 Å². The molecule has 0 unspecified atom stereocenters. The van der Waals surface area contributed by atoms with Crippen molar-refractivity contribution in [1.29, 1.82) is 0 Å². The van der Waals surface area contributed by atoms with Crippen LogP contribution in [0.1, 0.15) is 22.6 Å². The molecule has 0 aliphatic rings. The Morgan fingerprint density at radius 1 is 0.769 bits per heavy atom. The molecule has 1 N–H and O–H groups in total. The second-order valence-electron chi connectivity index (χ2n) is 6.16. The maximum Gasteiger partial charge on any atom is 0.246 e. The van der Waals surface area contributed by atoms with Crippen LogP contribution in [0.4, 0.5) is 0 Å². The van der Waals surface area contributed by atoms with Gasteiger partial charge in [-0.05, 0) is 16.7 Å². The fraction of sp³-hybridized carbons (Fsp3) is 0.174. The van der Waals surface area contributed by atoms with Crippen LogP contribution in [-0.2, 0) is 16.1 Å². The van der Waals surface area contributed by atoms with Gasteiger partial charge in [0.2, 0.25) is 5.91 Å². The molecule has 3 aromatic carbocycles. The maximum absolute atomic E-state index is 12.2. The van der Waals surface area contributed by atoms with Gasteiger partial charge < -0.3 is 10.1 Å². The molecule has 0 aromatic heterocycles. The van der Waals surface area contributed by atoms with Gasteiger partial charge in [-0.1, -0.05) is 91.0 Å². The Morgan fingerprint density at radius 3 is 1.81 bits per heavy atom. The predicted molar refractivity (Wildman–Crippen MR) is 104 cm³/mol. The number of nitrogens with one attached hydrogen (secondary N) is 1. The minimum Gasteiger partial charge on any atom is -0.367 e. The van der Waals surface area contributed by atoms with Crippen LogP contribution < -0.4 is 5.32 Å².